The van der Waals surface area contributed by atoms with Crippen LogP contribution in [0.2, 0.25) is 0 Å². The molecule has 0 atom stereocenters. The molecular formula is C11H10Br2N2. The van der Waals surface area contributed by atoms with Crippen LogP contribution in [0.4, 0.5) is 0 Å². The first-order valence-electron chi connectivity index (χ1n) is 5.10. The van der Waals surface area contributed by atoms with Crippen LogP contribution in [0.1, 0.15) is 18.7 Å². The minimum atomic E-state index is 1.08. The Balaban J connectivity index is 2.37. The molecule has 0 spiro atoms. The molecule has 0 fully saturated rings. The van der Waals surface area contributed by atoms with Crippen LogP contribution in [-0.2, 0) is 13.0 Å². The molecule has 0 N–H and O–H groups in total. The van der Waals surface area contributed by atoms with Crippen molar-refractivity contribution in [1.82, 2.24) is 9.55 Å². The maximum Gasteiger partial charge on any atom is 0.109 e. The maximum atomic E-state index is 4.69. The van der Waals surface area contributed by atoms with Crippen molar-refractivity contribution < 1.29 is 0 Å². The molecule has 2 nitrogen and oxygen atoms in total. The molecule has 0 bridgehead atoms. The van der Waals surface area contributed by atoms with Crippen molar-refractivity contribution in [2.24, 2.45) is 0 Å². The Labute approximate surface area is 105 Å². The van der Waals surface area contributed by atoms with Crippen LogP contribution in [0.3, 0.4) is 0 Å². The van der Waals surface area contributed by atoms with E-state index in [4.69, 9.17) is 0 Å². The number of rotatable bonds is 0. The molecule has 1 aromatic carbocycles. The zero-order valence-corrected chi connectivity index (χ0v) is 11.3. The summed E-state index contributed by atoms with van der Waals surface area (Å²) < 4.78 is 4.53. The fraction of sp³-hybridized carbons (Fsp3) is 0.364. The van der Waals surface area contributed by atoms with Crippen molar-refractivity contribution in [2.45, 2.75) is 25.8 Å². The molecule has 2 aromatic rings. The molecule has 15 heavy (non-hydrogen) atoms. The van der Waals surface area contributed by atoms with Crippen molar-refractivity contribution >= 4 is 42.9 Å². The molecule has 1 aliphatic heterocycles. The number of aromatic nitrogens is 2. The van der Waals surface area contributed by atoms with Gasteiger partial charge >= 0.3 is 0 Å². The molecule has 0 saturated carbocycles. The highest BCUT2D eigenvalue weighted by molar-refractivity contribution is 9.11. The first-order valence-corrected chi connectivity index (χ1v) is 6.68. The third-order valence-corrected chi connectivity index (χ3v) is 3.95. The summed E-state index contributed by atoms with van der Waals surface area (Å²) in [7, 11) is 0. The maximum absolute atomic E-state index is 4.69. The lowest BCUT2D eigenvalue weighted by molar-refractivity contribution is 0.533. The van der Waals surface area contributed by atoms with Crippen molar-refractivity contribution in [1.29, 1.82) is 0 Å². The summed E-state index contributed by atoms with van der Waals surface area (Å²) in [6.45, 7) is 1.11. The van der Waals surface area contributed by atoms with Gasteiger partial charge in [0, 0.05) is 21.9 Å². The van der Waals surface area contributed by atoms with E-state index in [2.05, 4.69) is 53.5 Å². The molecule has 2 heterocycles. The lowest BCUT2D eigenvalue weighted by Gasteiger charge is -2.13. The minimum Gasteiger partial charge on any atom is -0.328 e. The number of fused-ring (bicyclic) bond motifs is 3. The third-order valence-electron chi connectivity index (χ3n) is 2.88. The first-order chi connectivity index (χ1) is 7.25. The standard InChI is InChI=1S/C11H10Br2N2/c12-7-5-8(13)11-9(6-7)15-4-2-1-3-10(15)14-11/h5-6H,1-4H2. The van der Waals surface area contributed by atoms with Crippen molar-refractivity contribution in [3.8, 4) is 0 Å². The Bertz CT molecular complexity index is 531. The van der Waals surface area contributed by atoms with Gasteiger partial charge in [0.05, 0.1) is 5.52 Å². The molecule has 0 radical (unpaired) electrons. The summed E-state index contributed by atoms with van der Waals surface area (Å²) in [5.74, 6) is 1.23. The second kappa shape index (κ2) is 3.59. The Morgan fingerprint density at radius 2 is 2.07 bits per heavy atom. The number of imidazole rings is 1. The van der Waals surface area contributed by atoms with Crippen LogP contribution in [0.5, 0.6) is 0 Å². The van der Waals surface area contributed by atoms with E-state index in [-0.39, 0.29) is 0 Å². The van der Waals surface area contributed by atoms with Crippen molar-refractivity contribution in [3.05, 3.63) is 26.9 Å². The summed E-state index contributed by atoms with van der Waals surface area (Å²) in [4.78, 5) is 4.69. The van der Waals surface area contributed by atoms with E-state index in [1.54, 1.807) is 0 Å². The molecule has 4 heteroatoms. The predicted octanol–water partition coefficient (Wildman–Crippen LogP) is 3.90. The SMILES string of the molecule is Brc1cc(Br)c2nc3n(c2c1)CCCC3. The number of benzene rings is 1. The lowest BCUT2D eigenvalue weighted by Crippen LogP contribution is -2.09. The van der Waals surface area contributed by atoms with Crippen LogP contribution < -0.4 is 0 Å². The van der Waals surface area contributed by atoms with E-state index in [0.717, 1.165) is 27.4 Å². The van der Waals surface area contributed by atoms with E-state index in [1.807, 2.05) is 0 Å². The molecule has 0 amide bonds. The predicted molar refractivity (Wildman–Crippen MR) is 68.1 cm³/mol. The highest BCUT2D eigenvalue weighted by Gasteiger charge is 2.16. The summed E-state index contributed by atoms with van der Waals surface area (Å²) >= 11 is 7.09. The second-order valence-electron chi connectivity index (χ2n) is 3.89. The van der Waals surface area contributed by atoms with Gasteiger partial charge in [0.2, 0.25) is 0 Å². The fourth-order valence-corrected chi connectivity index (χ4v) is 3.48. The fourth-order valence-electron chi connectivity index (χ4n) is 2.19. The van der Waals surface area contributed by atoms with Gasteiger partial charge in [-0.25, -0.2) is 4.98 Å². The van der Waals surface area contributed by atoms with Gasteiger partial charge in [0.25, 0.3) is 0 Å². The van der Waals surface area contributed by atoms with Crippen molar-refractivity contribution in [3.63, 3.8) is 0 Å². The number of hydrogen-bond acceptors (Lipinski definition) is 1. The topological polar surface area (TPSA) is 17.8 Å². The van der Waals surface area contributed by atoms with Gasteiger partial charge in [-0.3, -0.25) is 0 Å². The Morgan fingerprint density at radius 3 is 2.93 bits per heavy atom. The van der Waals surface area contributed by atoms with Crippen molar-refractivity contribution in [2.75, 3.05) is 0 Å². The average Bonchev–Trinajstić information content (AvgIpc) is 2.57. The monoisotopic (exact) mass is 328 g/mol. The number of halogens is 2. The molecule has 3 rings (SSSR count). The molecule has 1 aliphatic rings. The van der Waals surface area contributed by atoms with E-state index >= 15 is 0 Å². The van der Waals surface area contributed by atoms with E-state index in [1.165, 1.54) is 24.2 Å². The van der Waals surface area contributed by atoms with Crippen LogP contribution >= 0.6 is 31.9 Å². The molecule has 0 aliphatic carbocycles. The first kappa shape index (κ1) is 9.85. The van der Waals surface area contributed by atoms with Gasteiger partial charge in [-0.1, -0.05) is 15.9 Å². The van der Waals surface area contributed by atoms with Crippen LogP contribution in [0, 0.1) is 0 Å². The third kappa shape index (κ3) is 1.54. The number of nitrogens with zero attached hydrogens (tertiary/aromatic N) is 2. The zero-order valence-electron chi connectivity index (χ0n) is 8.13. The molecule has 1 aromatic heterocycles. The summed E-state index contributed by atoms with van der Waals surface area (Å²) in [6.07, 6.45) is 3.64. The zero-order chi connectivity index (χ0) is 10.4. The van der Waals surface area contributed by atoms with Gasteiger partial charge < -0.3 is 4.57 Å². The molecule has 0 saturated heterocycles. The Kier molecular flexibility index (Phi) is 2.36. The van der Waals surface area contributed by atoms with Gasteiger partial charge in [-0.15, -0.1) is 0 Å². The quantitative estimate of drug-likeness (QED) is 0.716. The van der Waals surface area contributed by atoms with Crippen LogP contribution in [0.25, 0.3) is 11.0 Å². The van der Waals surface area contributed by atoms with Crippen LogP contribution in [0.15, 0.2) is 21.1 Å². The summed E-state index contributed by atoms with van der Waals surface area (Å²) in [6, 6.07) is 4.21. The number of hydrogen-bond donors (Lipinski definition) is 0. The highest BCUT2D eigenvalue weighted by atomic mass is 79.9. The lowest BCUT2D eigenvalue weighted by atomic mass is 10.2. The van der Waals surface area contributed by atoms with Gasteiger partial charge in [0.15, 0.2) is 0 Å². The smallest absolute Gasteiger partial charge is 0.109 e. The van der Waals surface area contributed by atoms with E-state index in [0.29, 0.717) is 0 Å². The average molecular weight is 330 g/mol. The highest BCUT2D eigenvalue weighted by Crippen LogP contribution is 2.30. The largest absolute Gasteiger partial charge is 0.328 e. The minimum absolute atomic E-state index is 1.08. The summed E-state index contributed by atoms with van der Waals surface area (Å²) in [5, 5.41) is 0. The van der Waals surface area contributed by atoms with E-state index < -0.39 is 0 Å². The van der Waals surface area contributed by atoms with Gasteiger partial charge in [0.1, 0.15) is 11.3 Å². The molecule has 0 unspecified atom stereocenters. The van der Waals surface area contributed by atoms with Gasteiger partial charge in [-0.2, -0.15) is 0 Å². The van der Waals surface area contributed by atoms with E-state index in [9.17, 15) is 0 Å². The molecular weight excluding hydrogens is 320 g/mol. The second-order valence-corrected chi connectivity index (χ2v) is 5.66. The number of aryl methyl sites for hydroxylation is 2. The van der Waals surface area contributed by atoms with Gasteiger partial charge in [-0.05, 0) is 40.9 Å². The molecule has 78 valence electrons. The normalized spacial score (nSPS) is 15.6. The Morgan fingerprint density at radius 1 is 1.20 bits per heavy atom. The Hall–Kier alpha value is -0.350. The van der Waals surface area contributed by atoms with Crippen LogP contribution in [-0.4, -0.2) is 9.55 Å². The summed E-state index contributed by atoms with van der Waals surface area (Å²) in [5.41, 5.74) is 2.33.